The topological polar surface area (TPSA) is 65.7 Å². The number of aromatic nitrogens is 2. The third-order valence-electron chi connectivity index (χ3n) is 6.79. The molecule has 2 aliphatic rings. The molecule has 1 saturated heterocycles. The van der Waals surface area contributed by atoms with E-state index in [4.69, 9.17) is 4.99 Å². The zero-order valence-corrected chi connectivity index (χ0v) is 20.8. The number of piperidine rings is 1. The van der Waals surface area contributed by atoms with Crippen LogP contribution in [0.4, 0.5) is 0 Å². The molecule has 3 heterocycles. The van der Waals surface area contributed by atoms with Crippen molar-refractivity contribution in [2.75, 3.05) is 7.05 Å². The molecule has 0 unspecified atom stereocenters. The second kappa shape index (κ2) is 8.82. The second-order valence-electron chi connectivity index (χ2n) is 10.7. The summed E-state index contributed by atoms with van der Waals surface area (Å²) >= 11 is 0. The van der Waals surface area contributed by atoms with Crippen molar-refractivity contribution in [3.63, 3.8) is 0 Å². The fraction of sp³-hybridized carbons (Fsp3) is 0.481. The van der Waals surface area contributed by atoms with Crippen molar-refractivity contribution in [3.8, 4) is 11.4 Å². The van der Waals surface area contributed by atoms with Gasteiger partial charge in [-0.15, -0.1) is 0 Å². The number of hydrogen-bond donors (Lipinski definition) is 2. The molecule has 6 heteroatoms. The van der Waals surface area contributed by atoms with E-state index in [1.165, 1.54) is 11.3 Å². The lowest BCUT2D eigenvalue weighted by Crippen LogP contribution is -2.61. The molecule has 1 aromatic heterocycles. The van der Waals surface area contributed by atoms with Gasteiger partial charge in [-0.2, -0.15) is 0 Å². The van der Waals surface area contributed by atoms with E-state index < -0.39 is 0 Å². The first kappa shape index (κ1) is 23.3. The first-order valence-corrected chi connectivity index (χ1v) is 11.9. The van der Waals surface area contributed by atoms with Crippen LogP contribution in [-0.4, -0.2) is 49.4 Å². The van der Waals surface area contributed by atoms with Crippen molar-refractivity contribution in [1.29, 1.82) is 0 Å². The number of imidazole rings is 1. The maximum Gasteiger partial charge on any atom is 0.127 e. The summed E-state index contributed by atoms with van der Waals surface area (Å²) in [4.78, 5) is 11.4. The minimum absolute atomic E-state index is 0.0899. The van der Waals surface area contributed by atoms with Crippen molar-refractivity contribution in [2.45, 2.75) is 77.4 Å². The second-order valence-corrected chi connectivity index (χ2v) is 10.7. The molecule has 1 fully saturated rings. The summed E-state index contributed by atoms with van der Waals surface area (Å²) in [5.41, 5.74) is 5.14. The van der Waals surface area contributed by atoms with Crippen molar-refractivity contribution >= 4 is 5.71 Å². The lowest BCUT2D eigenvalue weighted by molar-refractivity contribution is 0.0975. The van der Waals surface area contributed by atoms with E-state index in [-0.39, 0.29) is 16.8 Å². The summed E-state index contributed by atoms with van der Waals surface area (Å²) in [5.74, 6) is 0.221. The molecule has 6 nitrogen and oxygen atoms in total. The lowest BCUT2D eigenvalue weighted by atomic mass is 9.79. The summed E-state index contributed by atoms with van der Waals surface area (Å²) in [7, 11) is 2.21. The van der Waals surface area contributed by atoms with E-state index in [1.54, 1.807) is 18.6 Å². The number of rotatable bonds is 5. The number of hydrogen-bond acceptors (Lipinski definition) is 5. The Bertz CT molecular complexity index is 1080. The van der Waals surface area contributed by atoms with Gasteiger partial charge in [0.1, 0.15) is 5.75 Å². The maximum absolute atomic E-state index is 10.8. The van der Waals surface area contributed by atoms with Crippen LogP contribution in [0.5, 0.6) is 5.75 Å². The number of benzene rings is 1. The number of phenols is 1. The van der Waals surface area contributed by atoms with Gasteiger partial charge in [-0.3, -0.25) is 4.99 Å². The number of aromatic hydroxyl groups is 1. The molecule has 2 N–H and O–H groups in total. The first-order valence-electron chi connectivity index (χ1n) is 11.9. The summed E-state index contributed by atoms with van der Waals surface area (Å²) < 4.78 is 1.88. The quantitative estimate of drug-likeness (QED) is 0.662. The SMILES string of the molecule is CCC1=CC(c2ccc(-n3ccnc3)cc2O)=NC=C(N(C)C2CC(C)(C)NC(C)(C)C2)C1. The van der Waals surface area contributed by atoms with Gasteiger partial charge >= 0.3 is 0 Å². The normalized spacial score (nSPS) is 20.5. The Morgan fingerprint density at radius 2 is 1.91 bits per heavy atom. The maximum atomic E-state index is 10.8. The monoisotopic (exact) mass is 447 g/mol. The van der Waals surface area contributed by atoms with Gasteiger partial charge in [-0.1, -0.05) is 12.5 Å². The molecule has 0 amide bonds. The van der Waals surface area contributed by atoms with Crippen LogP contribution in [0.25, 0.3) is 5.69 Å². The van der Waals surface area contributed by atoms with E-state index in [9.17, 15) is 5.11 Å². The van der Waals surface area contributed by atoms with Crippen LogP contribution in [0, 0.1) is 0 Å². The minimum atomic E-state index is 0.0899. The summed E-state index contributed by atoms with van der Waals surface area (Å²) in [6.07, 6.45) is 13.4. The number of aliphatic imine (C=N–C) groups is 1. The lowest BCUT2D eigenvalue weighted by Gasteiger charge is -2.49. The molecular formula is C27H37N5O. The predicted molar refractivity (Wildman–Crippen MR) is 135 cm³/mol. The molecule has 4 rings (SSSR count). The number of nitrogens with one attached hydrogen (secondary N) is 1. The Morgan fingerprint density at radius 1 is 1.18 bits per heavy atom. The van der Waals surface area contributed by atoms with Crippen LogP contribution in [0.3, 0.4) is 0 Å². The van der Waals surface area contributed by atoms with E-state index in [2.05, 4.69) is 62.9 Å². The molecule has 2 aliphatic heterocycles. The van der Waals surface area contributed by atoms with Gasteiger partial charge < -0.3 is 19.9 Å². The van der Waals surface area contributed by atoms with Crippen LogP contribution in [-0.2, 0) is 0 Å². The third-order valence-corrected chi connectivity index (χ3v) is 6.79. The number of phenolic OH excluding ortho intramolecular Hbond substituents is 1. The highest BCUT2D eigenvalue weighted by Crippen LogP contribution is 2.34. The van der Waals surface area contributed by atoms with E-state index in [0.29, 0.717) is 6.04 Å². The fourth-order valence-electron chi connectivity index (χ4n) is 5.38. The van der Waals surface area contributed by atoms with Crippen molar-refractivity contribution in [1.82, 2.24) is 19.8 Å². The van der Waals surface area contributed by atoms with Gasteiger partial charge in [-0.25, -0.2) is 4.98 Å². The largest absolute Gasteiger partial charge is 0.507 e. The molecule has 0 aliphatic carbocycles. The highest BCUT2D eigenvalue weighted by Gasteiger charge is 2.39. The molecule has 2 aromatic rings. The zero-order valence-electron chi connectivity index (χ0n) is 20.8. The van der Waals surface area contributed by atoms with Gasteiger partial charge in [0.2, 0.25) is 0 Å². The van der Waals surface area contributed by atoms with E-state index >= 15 is 0 Å². The molecule has 0 bridgehead atoms. The Kier molecular flexibility index (Phi) is 6.23. The molecule has 33 heavy (non-hydrogen) atoms. The average Bonchev–Trinajstić information content (AvgIpc) is 3.18. The summed E-state index contributed by atoms with van der Waals surface area (Å²) in [6, 6.07) is 6.13. The third kappa shape index (κ3) is 5.22. The Morgan fingerprint density at radius 3 is 2.52 bits per heavy atom. The highest BCUT2D eigenvalue weighted by molar-refractivity contribution is 6.11. The van der Waals surface area contributed by atoms with Crippen molar-refractivity contribution in [3.05, 3.63) is 66.0 Å². The molecule has 0 radical (unpaired) electrons. The van der Waals surface area contributed by atoms with Crippen molar-refractivity contribution in [2.24, 2.45) is 4.99 Å². The molecule has 0 saturated carbocycles. The van der Waals surface area contributed by atoms with Crippen LogP contribution in [0.1, 0.15) is 65.9 Å². The van der Waals surface area contributed by atoms with Gasteiger partial charge in [-0.05, 0) is 65.2 Å². The molecular weight excluding hydrogens is 410 g/mol. The number of allylic oxidation sites excluding steroid dienone is 2. The average molecular weight is 448 g/mol. The van der Waals surface area contributed by atoms with Crippen LogP contribution in [0.15, 0.2) is 65.5 Å². The summed E-state index contributed by atoms with van der Waals surface area (Å²) in [6.45, 7) is 11.4. The predicted octanol–water partition coefficient (Wildman–Crippen LogP) is 5.19. The zero-order chi connectivity index (χ0) is 23.8. The molecule has 0 spiro atoms. The van der Waals surface area contributed by atoms with Crippen LogP contribution < -0.4 is 5.32 Å². The van der Waals surface area contributed by atoms with Gasteiger partial charge in [0.25, 0.3) is 0 Å². The van der Waals surface area contributed by atoms with E-state index in [0.717, 1.165) is 42.6 Å². The fourth-order valence-corrected chi connectivity index (χ4v) is 5.38. The Hall–Kier alpha value is -2.86. The number of nitrogens with zero attached hydrogens (tertiary/aromatic N) is 4. The summed E-state index contributed by atoms with van der Waals surface area (Å²) in [5, 5.41) is 14.6. The van der Waals surface area contributed by atoms with E-state index in [1.807, 2.05) is 29.1 Å². The first-order chi connectivity index (χ1) is 15.6. The van der Waals surface area contributed by atoms with Crippen LogP contribution >= 0.6 is 0 Å². The van der Waals surface area contributed by atoms with Crippen molar-refractivity contribution < 1.29 is 5.11 Å². The standard InChI is InChI=1S/C27H37N5O/c1-7-19-12-21(31(6)22-15-26(2,3)30-27(4,5)16-22)17-29-24(13-19)23-9-8-20(14-25(23)33)32-11-10-28-18-32/h8-11,13-14,17-18,22,30,33H,7,12,15-16H2,1-6H3. The Balaban J connectivity index is 1.64. The smallest absolute Gasteiger partial charge is 0.127 e. The molecule has 0 atom stereocenters. The Labute approximate surface area is 197 Å². The minimum Gasteiger partial charge on any atom is -0.507 e. The van der Waals surface area contributed by atoms with Gasteiger partial charge in [0.05, 0.1) is 17.7 Å². The molecule has 176 valence electrons. The molecule has 1 aromatic carbocycles. The van der Waals surface area contributed by atoms with Gasteiger partial charge in [0, 0.05) is 66.5 Å². The highest BCUT2D eigenvalue weighted by atomic mass is 16.3. The van der Waals surface area contributed by atoms with Crippen LogP contribution in [0.2, 0.25) is 0 Å². The van der Waals surface area contributed by atoms with Gasteiger partial charge in [0.15, 0.2) is 0 Å².